The smallest absolute Gasteiger partial charge is 0.201 e. The van der Waals surface area contributed by atoms with Crippen LogP contribution in [0.2, 0.25) is 0 Å². The van der Waals surface area contributed by atoms with Crippen LogP contribution in [0, 0.1) is 80.9 Å². The van der Waals surface area contributed by atoms with Crippen LogP contribution in [0.4, 0.5) is 0 Å². The van der Waals surface area contributed by atoms with Crippen LogP contribution in [0.1, 0.15) is 184 Å². The van der Waals surface area contributed by atoms with Gasteiger partial charge in [-0.3, -0.25) is 0 Å². The Morgan fingerprint density at radius 1 is 0.405 bits per heavy atom. The Labute approximate surface area is 507 Å². The maximum absolute atomic E-state index is 8.36. The van der Waals surface area contributed by atoms with Gasteiger partial charge in [0.2, 0.25) is 22.8 Å². The normalized spacial score (nSPS) is 14.6. The van der Waals surface area contributed by atoms with Gasteiger partial charge in [-0.25, -0.2) is 18.3 Å². The molecule has 0 amide bonds. The molecule has 0 aliphatic heterocycles. The lowest BCUT2D eigenvalue weighted by molar-refractivity contribution is -0.661. The van der Waals surface area contributed by atoms with Gasteiger partial charge in [-0.15, -0.1) is 0 Å². The molecule has 0 atom stereocenters. The van der Waals surface area contributed by atoms with Crippen molar-refractivity contribution in [3.63, 3.8) is 0 Å². The van der Waals surface area contributed by atoms with Gasteiger partial charge in [0.1, 0.15) is 28.2 Å². The molecule has 0 N–H and O–H groups in total. The van der Waals surface area contributed by atoms with Gasteiger partial charge in [-0.1, -0.05) is 149 Å². The Hall–Kier alpha value is -6.52. The van der Waals surface area contributed by atoms with Crippen LogP contribution in [-0.2, 0) is 47.3 Å². The summed E-state index contributed by atoms with van der Waals surface area (Å²) in [6, 6.07) is 33.7. The summed E-state index contributed by atoms with van der Waals surface area (Å²) in [7, 11) is 7.70. The van der Waals surface area contributed by atoms with Crippen molar-refractivity contribution >= 4 is 0 Å². The molecule has 4 heterocycles. The summed E-state index contributed by atoms with van der Waals surface area (Å²) in [6.45, 7) is 20.3. The summed E-state index contributed by atoms with van der Waals surface area (Å²) in [5.41, 5.74) is 19.1. The van der Waals surface area contributed by atoms with Crippen molar-refractivity contribution < 1.29 is 40.2 Å². The number of nitrogens with zero attached hydrogens (tertiary/aromatic N) is 4. The standard InChI is InChI=1S/C19H26N.2C18H24N.C16H20N.4CH4/c1-13(2)9-17-12-20(6)19(11-15(17)4)18-8-7-14(3)10-16(18)5;1-12(2)17-11-19(6)18(10-15(17)5)16-8-7-13(3)9-14(16)4;1-13(2)10-16-7-9-18(19(5)12-16)17-8-6-14(3)11-15(17)4;1-5-14-11-17(4)16(10-13(14)3)15-9-7-6-8-12(15)2;;;;/h7-8,10-13H,9H2,1-6H3;7-12H,1-6H3;6-9,11-13H,10H2,1-5H3;6-11H,5H2,1-4H3;4*1H4/q4*+1;;;;/i3D3,9D2;3D3,12D;3D3,10D2;5D2;;;;. The first kappa shape index (κ1) is 47.3. The van der Waals surface area contributed by atoms with Crippen molar-refractivity contribution in [3.8, 4) is 45.0 Å². The zero-order valence-electron chi connectivity index (χ0n) is 64.1. The number of rotatable bonds is 10. The lowest BCUT2D eigenvalue weighted by atomic mass is 9.96. The molecule has 0 aliphatic carbocycles. The van der Waals surface area contributed by atoms with E-state index in [1.54, 1.807) is 43.3 Å². The van der Waals surface area contributed by atoms with E-state index in [1.165, 1.54) is 11.1 Å². The molecule has 0 saturated carbocycles. The summed E-state index contributed by atoms with van der Waals surface area (Å²) in [4.78, 5) is 0. The number of aromatic nitrogens is 4. The van der Waals surface area contributed by atoms with Gasteiger partial charge in [0.05, 0.1) is 0 Å². The number of hydrogen-bond acceptors (Lipinski definition) is 0. The highest BCUT2D eigenvalue weighted by Gasteiger charge is 2.20. The van der Waals surface area contributed by atoms with Gasteiger partial charge in [0.15, 0.2) is 24.8 Å². The molecule has 0 fully saturated rings. The molecule has 0 bridgehead atoms. The largest absolute Gasteiger partial charge is 0.212 e. The van der Waals surface area contributed by atoms with Gasteiger partial charge in [-0.05, 0) is 175 Å². The van der Waals surface area contributed by atoms with Crippen LogP contribution < -0.4 is 18.3 Å². The predicted octanol–water partition coefficient (Wildman–Crippen LogP) is 18.4. The van der Waals surface area contributed by atoms with Gasteiger partial charge in [0, 0.05) is 90.7 Å². The van der Waals surface area contributed by atoms with Crippen LogP contribution in [0.15, 0.2) is 134 Å². The zero-order chi connectivity index (χ0) is 69.2. The average Bonchev–Trinajstić information content (AvgIpc) is 0.799. The summed E-state index contributed by atoms with van der Waals surface area (Å²) in [6.07, 6.45) is 3.45. The fraction of sp³-hybridized carbons (Fsp3) is 0.413. The molecule has 4 aromatic carbocycles. The number of pyridine rings is 4. The Kier molecular flexibility index (Phi) is 19.1. The van der Waals surface area contributed by atoms with Crippen molar-refractivity contribution in [1.82, 2.24) is 0 Å². The lowest BCUT2D eigenvalue weighted by Crippen LogP contribution is -2.32. The van der Waals surface area contributed by atoms with Gasteiger partial charge >= 0.3 is 0 Å². The third-order valence-electron chi connectivity index (χ3n) is 13.2. The molecule has 0 saturated heterocycles. The molecule has 4 nitrogen and oxygen atoms in total. The number of aryl methyl sites for hydroxylation is 15. The van der Waals surface area contributed by atoms with Crippen molar-refractivity contribution in [2.75, 3.05) is 0 Å². The quantitative estimate of drug-likeness (QED) is 0.121. The van der Waals surface area contributed by atoms with E-state index in [1.807, 2.05) is 203 Å². The Morgan fingerprint density at radius 2 is 0.797 bits per heavy atom. The van der Waals surface area contributed by atoms with Crippen molar-refractivity contribution in [1.29, 1.82) is 0 Å². The fourth-order valence-electron chi connectivity index (χ4n) is 9.32. The average molecular weight is 1080 g/mol. The van der Waals surface area contributed by atoms with E-state index in [-0.39, 0.29) is 41.5 Å². The summed E-state index contributed by atoms with van der Waals surface area (Å²) in [5, 5.41) is 0. The minimum absolute atomic E-state index is 0. The van der Waals surface area contributed by atoms with E-state index in [0.29, 0.717) is 27.8 Å². The number of hydrogen-bond donors (Lipinski definition) is 0. The van der Waals surface area contributed by atoms with Crippen LogP contribution >= 0.6 is 0 Å². The van der Waals surface area contributed by atoms with Crippen molar-refractivity contribution in [2.24, 2.45) is 40.0 Å². The molecule has 8 aromatic rings. The molecule has 0 spiro atoms. The first-order valence-corrected chi connectivity index (χ1v) is 25.9. The molecule has 0 aliphatic rings. The SMILES string of the molecule is C.C.C.C.[2H]C([2H])(C)c1c[n+](C)c(-c2ccccc2C)cc1C.[2H]C([2H])([2H])c1ccc(-c2cc(C)c(C([2H])(C)C)c[n+]2C)c(C)c1.[2H]C([2H])([2H])c1ccc(-c2cc(C)c(C([2H])([2H])C(C)C)c[n+]2C)c(C)c1.[2H]C([2H])([2H])c1ccc(-c2ccc(C([2H])([2H])C(C)C)c[n+]2C)c(C)c1. The molecule has 0 radical (unpaired) electrons. The predicted molar refractivity (Wildman–Crippen MR) is 347 cm³/mol. The monoisotopic (exact) mass is 1080 g/mol. The van der Waals surface area contributed by atoms with E-state index in [2.05, 4.69) is 31.2 Å². The zero-order valence-corrected chi connectivity index (χ0v) is 48.1. The second-order valence-corrected chi connectivity index (χ2v) is 20.8. The third-order valence-corrected chi connectivity index (χ3v) is 13.2. The van der Waals surface area contributed by atoms with Crippen molar-refractivity contribution in [2.45, 2.75) is 172 Å². The van der Waals surface area contributed by atoms with E-state index >= 15 is 0 Å². The minimum atomic E-state index is -2.11. The van der Waals surface area contributed by atoms with E-state index in [4.69, 9.17) is 21.9 Å². The molecule has 426 valence electrons. The van der Waals surface area contributed by atoms with Crippen molar-refractivity contribution in [3.05, 3.63) is 212 Å². The van der Waals surface area contributed by atoms with Gasteiger partial charge in [-0.2, -0.15) is 0 Å². The summed E-state index contributed by atoms with van der Waals surface area (Å²) >= 11 is 0. The molecular weight excluding hydrogens is 957 g/mol. The van der Waals surface area contributed by atoms with Crippen LogP contribution in [0.25, 0.3) is 45.0 Å². The van der Waals surface area contributed by atoms with Crippen LogP contribution in [0.5, 0.6) is 0 Å². The van der Waals surface area contributed by atoms with Crippen LogP contribution in [-0.4, -0.2) is 0 Å². The van der Waals surface area contributed by atoms with Gasteiger partial charge < -0.3 is 0 Å². The van der Waals surface area contributed by atoms with Crippen LogP contribution in [0.3, 0.4) is 0 Å². The topological polar surface area (TPSA) is 15.5 Å². The summed E-state index contributed by atoms with van der Waals surface area (Å²) in [5.74, 6) is -0.901. The molecule has 4 heteroatoms. The molecule has 8 rings (SSSR count). The number of benzene rings is 4. The minimum Gasteiger partial charge on any atom is -0.201 e. The highest BCUT2D eigenvalue weighted by molar-refractivity contribution is 5.65. The summed E-state index contributed by atoms with van der Waals surface area (Å²) < 4.78 is 133. The Bertz CT molecular complexity index is 3900. The maximum Gasteiger partial charge on any atom is 0.212 e. The first-order valence-electron chi connectivity index (χ1n) is 33.9. The second kappa shape index (κ2) is 31.9. The molecule has 0 unspecified atom stereocenters. The first-order chi connectivity index (χ1) is 41.5. The van der Waals surface area contributed by atoms with Gasteiger partial charge in [0.25, 0.3) is 0 Å². The highest BCUT2D eigenvalue weighted by Crippen LogP contribution is 2.28. The highest BCUT2D eigenvalue weighted by atomic mass is 14.9. The third kappa shape index (κ3) is 19.1. The molecule has 4 aromatic heterocycles. The molecule has 79 heavy (non-hydrogen) atoms. The van der Waals surface area contributed by atoms with E-state index < -0.39 is 45.6 Å². The Morgan fingerprint density at radius 3 is 1.20 bits per heavy atom. The molecular formula is C75H110N4+4. The van der Waals surface area contributed by atoms with E-state index in [9.17, 15) is 0 Å². The fourth-order valence-corrected chi connectivity index (χ4v) is 9.32. The maximum atomic E-state index is 8.36. The lowest BCUT2D eigenvalue weighted by Gasteiger charge is -2.11. The van der Waals surface area contributed by atoms with E-state index in [0.717, 1.165) is 84.0 Å². The Balaban J connectivity index is 0.000000627. The second-order valence-electron chi connectivity index (χ2n) is 20.8.